The van der Waals surface area contributed by atoms with Gasteiger partial charge in [-0.2, -0.15) is 0 Å². The van der Waals surface area contributed by atoms with E-state index in [0.29, 0.717) is 46.0 Å². The third-order valence-corrected chi connectivity index (χ3v) is 7.20. The molecular formula is C30H26Cl2FN5O2. The number of hydrogen-bond donors (Lipinski definition) is 5. The maximum atomic E-state index is 14.6. The minimum atomic E-state index is -0.595. The topological polar surface area (TPSA) is 102 Å². The molecule has 10 heteroatoms. The number of aryl methyl sites for hydroxylation is 1. The molecule has 40 heavy (non-hydrogen) atoms. The zero-order chi connectivity index (χ0) is 28.4. The summed E-state index contributed by atoms with van der Waals surface area (Å²) in [6.45, 7) is 5.38. The maximum absolute atomic E-state index is 14.6. The van der Waals surface area contributed by atoms with Crippen LogP contribution in [0.15, 0.2) is 79.0 Å². The Morgan fingerprint density at radius 1 is 1.15 bits per heavy atom. The quantitative estimate of drug-likeness (QED) is 0.157. The standard InChI is InChI=1S/C30H26Cl2FN5O2/c1-16-8-10-22(31)21(26(16)33)15-34-30(40)36-24(13-18-6-4-3-5-7-18)29-37-27(28(32)38-29)19-9-11-23-20(14-19)25(39)12-17(2)35-23/h3-12,14,24,35,39H,2,13,15H2,1H3,(H,37,38)(H2,34,36,40)/t24-/m0/s1. The summed E-state index contributed by atoms with van der Waals surface area (Å²) < 4.78 is 14.6. The number of nitrogens with zero attached hydrogens (tertiary/aromatic N) is 1. The number of urea groups is 1. The Kier molecular flexibility index (Phi) is 7.82. The monoisotopic (exact) mass is 577 g/mol. The van der Waals surface area contributed by atoms with Gasteiger partial charge >= 0.3 is 6.03 Å². The Labute approximate surface area is 240 Å². The summed E-state index contributed by atoms with van der Waals surface area (Å²) in [7, 11) is 0. The first kappa shape index (κ1) is 27.3. The molecule has 0 bridgehead atoms. The Hall–Kier alpha value is -4.27. The van der Waals surface area contributed by atoms with Crippen LogP contribution in [0.5, 0.6) is 0 Å². The first-order valence-corrected chi connectivity index (χ1v) is 13.2. The van der Waals surface area contributed by atoms with E-state index in [4.69, 9.17) is 28.2 Å². The van der Waals surface area contributed by atoms with Crippen molar-refractivity contribution in [3.8, 4) is 11.3 Å². The Morgan fingerprint density at radius 3 is 2.70 bits per heavy atom. The molecule has 1 aliphatic rings. The van der Waals surface area contributed by atoms with Crippen LogP contribution in [0.3, 0.4) is 0 Å². The molecule has 3 aromatic carbocycles. The smallest absolute Gasteiger partial charge is 0.315 e. The van der Waals surface area contributed by atoms with E-state index in [9.17, 15) is 14.3 Å². The zero-order valence-electron chi connectivity index (χ0n) is 21.5. The van der Waals surface area contributed by atoms with Gasteiger partial charge in [-0.15, -0.1) is 0 Å². The SMILES string of the molecule is C=C1C=C(O)c2cc(-c3nc([C@H](Cc4ccccc4)NC(=O)NCc4c(Cl)ccc(C)c4F)[nH]c3Cl)ccc2N1. The van der Waals surface area contributed by atoms with E-state index < -0.39 is 17.9 Å². The molecule has 5 rings (SSSR count). The summed E-state index contributed by atoms with van der Waals surface area (Å²) in [5, 5.41) is 19.7. The van der Waals surface area contributed by atoms with Crippen LogP contribution in [0, 0.1) is 12.7 Å². The number of aliphatic hydroxyl groups is 1. The second-order valence-electron chi connectivity index (χ2n) is 9.45. The summed E-state index contributed by atoms with van der Waals surface area (Å²) in [6, 6.07) is 17.1. The number of aromatic nitrogens is 2. The largest absolute Gasteiger partial charge is 0.507 e. The molecule has 2 amide bonds. The number of H-pyrrole nitrogens is 1. The third-order valence-electron chi connectivity index (χ3n) is 6.58. The predicted octanol–water partition coefficient (Wildman–Crippen LogP) is 7.45. The van der Waals surface area contributed by atoms with Crippen molar-refractivity contribution >= 4 is 40.7 Å². The summed E-state index contributed by atoms with van der Waals surface area (Å²) in [5.74, 6) is 0.0576. The van der Waals surface area contributed by atoms with Gasteiger partial charge < -0.3 is 26.0 Å². The second kappa shape index (κ2) is 11.5. The highest BCUT2D eigenvalue weighted by atomic mass is 35.5. The molecule has 0 aliphatic carbocycles. The van der Waals surface area contributed by atoms with Gasteiger partial charge in [0.1, 0.15) is 28.2 Å². The minimum absolute atomic E-state index is 0.0814. The fraction of sp³-hybridized carbons (Fsp3) is 0.133. The van der Waals surface area contributed by atoms with Gasteiger partial charge in [-0.3, -0.25) is 0 Å². The average molecular weight is 578 g/mol. The lowest BCUT2D eigenvalue weighted by Crippen LogP contribution is -2.39. The summed E-state index contributed by atoms with van der Waals surface area (Å²) in [6.07, 6.45) is 1.95. The van der Waals surface area contributed by atoms with Crippen molar-refractivity contribution in [2.24, 2.45) is 0 Å². The number of hydrogen-bond acceptors (Lipinski definition) is 4. The van der Waals surface area contributed by atoms with Crippen LogP contribution in [0.2, 0.25) is 10.2 Å². The molecule has 4 aromatic rings. The summed E-state index contributed by atoms with van der Waals surface area (Å²) >= 11 is 12.8. The molecule has 1 aliphatic heterocycles. The fourth-order valence-electron chi connectivity index (χ4n) is 4.51. The molecule has 0 unspecified atom stereocenters. The maximum Gasteiger partial charge on any atom is 0.315 e. The molecule has 1 atom stereocenters. The van der Waals surface area contributed by atoms with Gasteiger partial charge in [0.2, 0.25) is 0 Å². The number of halogens is 3. The number of amides is 2. The van der Waals surface area contributed by atoms with Crippen molar-refractivity contribution in [1.29, 1.82) is 0 Å². The number of aromatic amines is 1. The van der Waals surface area contributed by atoms with E-state index in [0.717, 1.165) is 5.56 Å². The molecule has 2 heterocycles. The lowest BCUT2D eigenvalue weighted by Gasteiger charge is -2.18. The molecular weight excluding hydrogens is 552 g/mol. The lowest BCUT2D eigenvalue weighted by molar-refractivity contribution is 0.236. The van der Waals surface area contributed by atoms with Gasteiger partial charge in [-0.05, 0) is 42.7 Å². The molecule has 5 N–H and O–H groups in total. The van der Waals surface area contributed by atoms with E-state index >= 15 is 0 Å². The van der Waals surface area contributed by atoms with E-state index in [2.05, 4.69) is 27.5 Å². The molecule has 0 saturated heterocycles. The van der Waals surface area contributed by atoms with Crippen LogP contribution in [0.4, 0.5) is 14.9 Å². The average Bonchev–Trinajstić information content (AvgIpc) is 3.32. The Balaban J connectivity index is 1.40. The predicted molar refractivity (Wildman–Crippen MR) is 157 cm³/mol. The number of aliphatic hydroxyl groups excluding tert-OH is 1. The zero-order valence-corrected chi connectivity index (χ0v) is 23.0. The highest BCUT2D eigenvalue weighted by molar-refractivity contribution is 6.32. The number of rotatable bonds is 7. The van der Waals surface area contributed by atoms with Crippen molar-refractivity contribution in [3.05, 3.63) is 123 Å². The number of carbonyl (C=O) groups is 1. The van der Waals surface area contributed by atoms with E-state index in [1.54, 1.807) is 25.1 Å². The van der Waals surface area contributed by atoms with Crippen molar-refractivity contribution in [2.75, 3.05) is 5.32 Å². The van der Waals surface area contributed by atoms with Crippen LogP contribution in [0.25, 0.3) is 17.0 Å². The van der Waals surface area contributed by atoms with Gasteiger partial charge in [0.05, 0.1) is 6.04 Å². The number of imidazole rings is 1. The van der Waals surface area contributed by atoms with Crippen LogP contribution in [-0.4, -0.2) is 21.1 Å². The number of carbonyl (C=O) groups excluding carboxylic acids is 1. The lowest BCUT2D eigenvalue weighted by atomic mass is 10.0. The van der Waals surface area contributed by atoms with Gasteiger partial charge in [0, 0.05) is 45.7 Å². The van der Waals surface area contributed by atoms with Crippen molar-refractivity contribution in [1.82, 2.24) is 20.6 Å². The summed E-state index contributed by atoms with van der Waals surface area (Å²) in [5.41, 5.74) is 4.63. The molecule has 0 spiro atoms. The number of nitrogens with one attached hydrogen (secondary N) is 4. The minimum Gasteiger partial charge on any atom is -0.507 e. The molecule has 7 nitrogen and oxygen atoms in total. The first-order chi connectivity index (χ1) is 19.2. The van der Waals surface area contributed by atoms with E-state index in [-0.39, 0.29) is 28.0 Å². The van der Waals surface area contributed by atoms with Gasteiger partial charge in [0.25, 0.3) is 0 Å². The van der Waals surface area contributed by atoms with E-state index in [1.807, 2.05) is 42.5 Å². The van der Waals surface area contributed by atoms with Crippen molar-refractivity contribution < 1.29 is 14.3 Å². The number of fused-ring (bicyclic) bond motifs is 1. The number of benzene rings is 3. The van der Waals surface area contributed by atoms with Gasteiger partial charge in [-0.1, -0.05) is 72.2 Å². The molecule has 204 valence electrons. The van der Waals surface area contributed by atoms with Crippen LogP contribution in [0.1, 0.15) is 34.1 Å². The van der Waals surface area contributed by atoms with Crippen molar-refractivity contribution in [2.45, 2.75) is 25.9 Å². The third kappa shape index (κ3) is 5.83. The van der Waals surface area contributed by atoms with Crippen molar-refractivity contribution in [3.63, 3.8) is 0 Å². The van der Waals surface area contributed by atoms with Gasteiger partial charge in [-0.25, -0.2) is 14.2 Å². The van der Waals surface area contributed by atoms with Crippen LogP contribution < -0.4 is 16.0 Å². The van der Waals surface area contributed by atoms with Gasteiger partial charge in [0.15, 0.2) is 0 Å². The molecule has 1 aromatic heterocycles. The Bertz CT molecular complexity index is 1630. The summed E-state index contributed by atoms with van der Waals surface area (Å²) in [4.78, 5) is 20.8. The molecule has 0 fully saturated rings. The normalized spacial score (nSPS) is 13.2. The Morgan fingerprint density at radius 2 is 1.93 bits per heavy atom. The fourth-order valence-corrected chi connectivity index (χ4v) is 4.97. The van der Waals surface area contributed by atoms with Crippen LogP contribution in [-0.2, 0) is 13.0 Å². The number of allylic oxidation sites excluding steroid dienone is 1. The van der Waals surface area contributed by atoms with E-state index in [1.165, 1.54) is 6.08 Å². The second-order valence-corrected chi connectivity index (χ2v) is 10.2. The first-order valence-electron chi connectivity index (χ1n) is 12.5. The molecule has 0 saturated carbocycles. The number of anilines is 1. The van der Waals surface area contributed by atoms with Crippen LogP contribution >= 0.6 is 23.2 Å². The highest BCUT2D eigenvalue weighted by Crippen LogP contribution is 2.35. The molecule has 0 radical (unpaired) electrons. The highest BCUT2D eigenvalue weighted by Gasteiger charge is 2.23.